The normalized spacial score (nSPS) is 14.1. The Kier molecular flexibility index (Phi) is 9.15. The van der Waals surface area contributed by atoms with Gasteiger partial charge in [0.15, 0.2) is 0 Å². The lowest BCUT2D eigenvalue weighted by Crippen LogP contribution is -2.36. The van der Waals surface area contributed by atoms with Gasteiger partial charge < -0.3 is 20.1 Å². The molecule has 12 heteroatoms. The number of ether oxygens (including phenoxy) is 2. The van der Waals surface area contributed by atoms with Crippen LogP contribution in [0.2, 0.25) is 0 Å². The highest BCUT2D eigenvalue weighted by Gasteiger charge is 2.22. The summed E-state index contributed by atoms with van der Waals surface area (Å²) < 4.78 is 37.2. The van der Waals surface area contributed by atoms with Gasteiger partial charge in [-0.15, -0.1) is 0 Å². The van der Waals surface area contributed by atoms with Gasteiger partial charge in [0.1, 0.15) is 0 Å². The Hall–Kier alpha value is -3.51. The molecule has 3 rings (SSSR count). The third-order valence-electron chi connectivity index (χ3n) is 5.35. The fraction of sp³-hybridized carbons (Fsp3) is 0.391. The first-order valence-electron chi connectivity index (χ1n) is 11.2. The molecule has 3 amide bonds. The number of hydrogen-bond acceptors (Lipinski definition) is 8. The van der Waals surface area contributed by atoms with Crippen LogP contribution < -0.4 is 20.1 Å². The molecular formula is C23H28N4O7S. The summed E-state index contributed by atoms with van der Waals surface area (Å²) in [4.78, 5) is 40.3. The average molecular weight is 505 g/mol. The van der Waals surface area contributed by atoms with Crippen molar-refractivity contribution in [2.45, 2.75) is 43.0 Å². The number of rotatable bonds is 9. The predicted octanol–water partition coefficient (Wildman–Crippen LogP) is 2.00. The summed E-state index contributed by atoms with van der Waals surface area (Å²) >= 11 is 0. The quantitative estimate of drug-likeness (QED) is 0.438. The fourth-order valence-electron chi connectivity index (χ4n) is 3.52. The molecule has 188 valence electrons. The summed E-state index contributed by atoms with van der Waals surface area (Å²) in [6, 6.07) is 8.09. The zero-order chi connectivity index (χ0) is 25.3. The first-order valence-corrected chi connectivity index (χ1v) is 12.7. The standard InChI is InChI=1S/C23H28N4O7S/c1-33-13-12-24-23(30)34-20-11-10-17(15-25-20)22(29)27-35(31,32)19-9-5-6-16(14-19)21(28)26-18-7-3-2-4-8-18/h5-6,9-11,14-15,18H,2-4,7-8,12-13H2,1H3,(H,24,30)(H,26,28)(H,27,29). The molecule has 1 heterocycles. The van der Waals surface area contributed by atoms with E-state index in [2.05, 4.69) is 15.6 Å². The van der Waals surface area contributed by atoms with Crippen LogP contribution in [0.5, 0.6) is 5.88 Å². The molecule has 0 atom stereocenters. The molecule has 1 fully saturated rings. The van der Waals surface area contributed by atoms with Gasteiger partial charge in [-0.1, -0.05) is 25.3 Å². The van der Waals surface area contributed by atoms with Crippen molar-refractivity contribution in [2.24, 2.45) is 0 Å². The molecule has 0 spiro atoms. The highest BCUT2D eigenvalue weighted by atomic mass is 32.2. The number of sulfonamides is 1. The summed E-state index contributed by atoms with van der Waals surface area (Å²) in [6.07, 6.45) is 5.38. The summed E-state index contributed by atoms with van der Waals surface area (Å²) in [5.74, 6) is -1.35. The molecule has 11 nitrogen and oxygen atoms in total. The Bertz CT molecular complexity index is 1150. The van der Waals surface area contributed by atoms with Gasteiger partial charge >= 0.3 is 6.09 Å². The van der Waals surface area contributed by atoms with Crippen molar-refractivity contribution in [3.63, 3.8) is 0 Å². The zero-order valence-corrected chi connectivity index (χ0v) is 20.1. The maximum absolute atomic E-state index is 12.7. The molecule has 1 saturated carbocycles. The van der Waals surface area contributed by atoms with E-state index < -0.39 is 22.0 Å². The molecule has 3 N–H and O–H groups in total. The number of nitrogens with zero attached hydrogens (tertiary/aromatic N) is 1. The van der Waals surface area contributed by atoms with Crippen LogP contribution in [0.25, 0.3) is 0 Å². The first-order chi connectivity index (χ1) is 16.8. The number of amides is 3. The number of carbonyl (C=O) groups excluding carboxylic acids is 3. The van der Waals surface area contributed by atoms with Gasteiger partial charge in [-0.2, -0.15) is 0 Å². The molecule has 1 aliphatic carbocycles. The number of nitrogens with one attached hydrogen (secondary N) is 3. The monoisotopic (exact) mass is 504 g/mol. The van der Waals surface area contributed by atoms with Crippen LogP contribution >= 0.6 is 0 Å². The molecule has 1 aromatic heterocycles. The number of hydrogen-bond donors (Lipinski definition) is 3. The maximum Gasteiger partial charge on any atom is 0.414 e. The third kappa shape index (κ3) is 7.76. The molecule has 1 aliphatic rings. The molecule has 0 saturated heterocycles. The zero-order valence-electron chi connectivity index (χ0n) is 19.3. The van der Waals surface area contributed by atoms with E-state index in [0.29, 0.717) is 6.61 Å². The van der Waals surface area contributed by atoms with Crippen LogP contribution in [0.1, 0.15) is 52.8 Å². The van der Waals surface area contributed by atoms with Gasteiger partial charge in [-0.25, -0.2) is 22.9 Å². The summed E-state index contributed by atoms with van der Waals surface area (Å²) in [6.45, 7) is 0.557. The van der Waals surface area contributed by atoms with Gasteiger partial charge in [-0.3, -0.25) is 9.59 Å². The third-order valence-corrected chi connectivity index (χ3v) is 6.67. The number of methoxy groups -OCH3 is 1. The minimum atomic E-state index is -4.25. The van der Waals surface area contributed by atoms with Crippen LogP contribution in [0.15, 0.2) is 47.5 Å². The van der Waals surface area contributed by atoms with Crippen LogP contribution in [0.4, 0.5) is 4.79 Å². The lowest BCUT2D eigenvalue weighted by atomic mass is 9.95. The van der Waals surface area contributed by atoms with E-state index in [4.69, 9.17) is 9.47 Å². The van der Waals surface area contributed by atoms with Crippen LogP contribution in [0, 0.1) is 0 Å². The van der Waals surface area contributed by atoms with Crippen LogP contribution in [-0.4, -0.2) is 57.6 Å². The van der Waals surface area contributed by atoms with Crippen molar-refractivity contribution < 1.29 is 32.3 Å². The Morgan fingerprint density at radius 1 is 1.03 bits per heavy atom. The first kappa shape index (κ1) is 26.1. The fourth-order valence-corrected chi connectivity index (χ4v) is 4.54. The predicted molar refractivity (Wildman–Crippen MR) is 126 cm³/mol. The Balaban J connectivity index is 1.61. The van der Waals surface area contributed by atoms with E-state index in [1.165, 1.54) is 43.5 Å². The highest BCUT2D eigenvalue weighted by Crippen LogP contribution is 2.19. The molecule has 0 unspecified atom stereocenters. The second-order valence-electron chi connectivity index (χ2n) is 7.97. The average Bonchev–Trinajstić information content (AvgIpc) is 2.85. The maximum atomic E-state index is 12.7. The van der Waals surface area contributed by atoms with Crippen molar-refractivity contribution in [1.82, 2.24) is 20.3 Å². The van der Waals surface area contributed by atoms with Crippen molar-refractivity contribution in [2.75, 3.05) is 20.3 Å². The van der Waals surface area contributed by atoms with Crippen molar-refractivity contribution in [3.05, 3.63) is 53.7 Å². The van der Waals surface area contributed by atoms with E-state index in [1.54, 1.807) is 0 Å². The second-order valence-corrected chi connectivity index (χ2v) is 9.65. The highest BCUT2D eigenvalue weighted by molar-refractivity contribution is 7.90. The Morgan fingerprint density at radius 3 is 2.49 bits per heavy atom. The van der Waals surface area contributed by atoms with Gasteiger partial charge in [0.2, 0.25) is 5.88 Å². The lowest BCUT2D eigenvalue weighted by Gasteiger charge is -2.22. The number of pyridine rings is 1. The number of benzene rings is 1. The molecule has 2 aromatic rings. The Morgan fingerprint density at radius 2 is 1.80 bits per heavy atom. The second kappa shape index (κ2) is 12.3. The van der Waals surface area contributed by atoms with Gasteiger partial charge in [-0.05, 0) is 37.1 Å². The van der Waals surface area contributed by atoms with E-state index in [1.807, 2.05) is 4.72 Å². The van der Waals surface area contributed by atoms with E-state index in [-0.39, 0.29) is 40.4 Å². The molecule has 1 aromatic carbocycles. The van der Waals surface area contributed by atoms with E-state index in [0.717, 1.165) is 38.3 Å². The largest absolute Gasteiger partial charge is 0.414 e. The topological polar surface area (TPSA) is 153 Å². The van der Waals surface area contributed by atoms with Crippen molar-refractivity contribution >= 4 is 27.9 Å². The van der Waals surface area contributed by atoms with Gasteiger partial charge in [0.25, 0.3) is 21.8 Å². The van der Waals surface area contributed by atoms with Crippen LogP contribution in [-0.2, 0) is 14.8 Å². The van der Waals surface area contributed by atoms with Gasteiger partial charge in [0, 0.05) is 37.5 Å². The molecule has 0 bridgehead atoms. The van der Waals surface area contributed by atoms with E-state index in [9.17, 15) is 22.8 Å². The minimum Gasteiger partial charge on any atom is -0.391 e. The number of aromatic nitrogens is 1. The Labute approximate surface area is 203 Å². The molecular weight excluding hydrogens is 476 g/mol. The summed E-state index contributed by atoms with van der Waals surface area (Å²) in [5.41, 5.74) is 0.129. The van der Waals surface area contributed by atoms with E-state index >= 15 is 0 Å². The smallest absolute Gasteiger partial charge is 0.391 e. The molecule has 0 aliphatic heterocycles. The number of carbonyl (C=O) groups is 3. The van der Waals surface area contributed by atoms with Gasteiger partial charge in [0.05, 0.1) is 17.1 Å². The lowest BCUT2D eigenvalue weighted by molar-refractivity contribution is 0.0926. The van der Waals surface area contributed by atoms with Crippen molar-refractivity contribution in [1.29, 1.82) is 0 Å². The van der Waals surface area contributed by atoms with Crippen LogP contribution in [0.3, 0.4) is 0 Å². The minimum absolute atomic E-state index is 0.0630. The summed E-state index contributed by atoms with van der Waals surface area (Å²) in [7, 11) is -2.76. The summed E-state index contributed by atoms with van der Waals surface area (Å²) in [5, 5.41) is 5.38. The molecule has 35 heavy (non-hydrogen) atoms. The SMILES string of the molecule is COCCNC(=O)Oc1ccc(C(=O)NS(=O)(=O)c2cccc(C(=O)NC3CCCCC3)c2)cn1. The molecule has 0 radical (unpaired) electrons. The van der Waals surface area contributed by atoms with Crippen molar-refractivity contribution in [3.8, 4) is 5.88 Å².